The van der Waals surface area contributed by atoms with Gasteiger partial charge in [-0.15, -0.1) is 0 Å². The van der Waals surface area contributed by atoms with Crippen LogP contribution in [-0.4, -0.2) is 41.7 Å². The van der Waals surface area contributed by atoms with Crippen LogP contribution in [0.25, 0.3) is 0 Å². The number of ether oxygens (including phenoxy) is 2. The van der Waals surface area contributed by atoms with Gasteiger partial charge >= 0.3 is 12.1 Å². The molecular weight excluding hydrogens is 282 g/mol. The zero-order valence-corrected chi connectivity index (χ0v) is 13.0. The Hall–Kier alpha value is -0.970. The fourth-order valence-corrected chi connectivity index (χ4v) is 3.04. The quantitative estimate of drug-likeness (QED) is 0.581. The van der Waals surface area contributed by atoms with E-state index in [1.54, 1.807) is 4.90 Å². The fraction of sp³-hybridized carbons (Fsp3) is 0.857. The molecule has 2 atom stereocenters. The van der Waals surface area contributed by atoms with Crippen molar-refractivity contribution in [2.45, 2.75) is 45.6 Å². The van der Waals surface area contributed by atoms with Gasteiger partial charge in [0.15, 0.2) is 6.07 Å². The monoisotopic (exact) mass is 303 g/mol. The number of halogens is 1. The van der Waals surface area contributed by atoms with Crippen LogP contribution in [0.3, 0.4) is 0 Å². The van der Waals surface area contributed by atoms with Crippen LogP contribution in [0, 0.1) is 11.3 Å². The molecule has 5 nitrogen and oxygen atoms in total. The highest BCUT2D eigenvalue weighted by Crippen LogP contribution is 2.58. The van der Waals surface area contributed by atoms with E-state index in [9.17, 15) is 9.59 Å². The van der Waals surface area contributed by atoms with Gasteiger partial charge in [0.25, 0.3) is 0 Å². The van der Waals surface area contributed by atoms with Gasteiger partial charge < -0.3 is 14.4 Å². The molecule has 6 heteroatoms. The average molecular weight is 304 g/mol. The van der Waals surface area contributed by atoms with Gasteiger partial charge in [0, 0.05) is 18.5 Å². The standard InChI is InChI=1S/C14H22ClNO4/c1-13(2,3)20-12(18)16-6-4-5-14(8-16)7-10(14)11(17)19-9-15/h10H,4-9H2,1-3H3. The van der Waals surface area contributed by atoms with Crippen LogP contribution < -0.4 is 0 Å². The molecule has 1 aliphatic carbocycles. The zero-order chi connectivity index (χ0) is 15.0. The van der Waals surface area contributed by atoms with E-state index in [0.717, 1.165) is 19.3 Å². The topological polar surface area (TPSA) is 55.8 Å². The van der Waals surface area contributed by atoms with E-state index in [0.29, 0.717) is 13.1 Å². The molecule has 0 radical (unpaired) electrons. The second-order valence-corrected chi connectivity index (χ2v) is 6.92. The molecule has 2 unspecified atom stereocenters. The second-order valence-electron chi connectivity index (χ2n) is 6.70. The first-order chi connectivity index (χ1) is 9.27. The number of hydrogen-bond donors (Lipinski definition) is 0. The number of likely N-dealkylation sites (tertiary alicyclic amines) is 1. The molecule has 2 aliphatic rings. The van der Waals surface area contributed by atoms with Crippen molar-refractivity contribution in [2.24, 2.45) is 11.3 Å². The van der Waals surface area contributed by atoms with E-state index in [-0.39, 0.29) is 29.5 Å². The Labute approximate surface area is 124 Å². The number of amides is 1. The lowest BCUT2D eigenvalue weighted by atomic mass is 9.92. The van der Waals surface area contributed by atoms with E-state index < -0.39 is 5.60 Å². The van der Waals surface area contributed by atoms with Crippen LogP contribution in [0.15, 0.2) is 0 Å². The fourth-order valence-electron chi connectivity index (χ4n) is 2.93. The molecule has 2 fully saturated rings. The van der Waals surface area contributed by atoms with Gasteiger partial charge in [0.1, 0.15) is 5.60 Å². The Balaban J connectivity index is 1.93. The maximum Gasteiger partial charge on any atom is 0.410 e. The van der Waals surface area contributed by atoms with Crippen LogP contribution in [-0.2, 0) is 14.3 Å². The third-order valence-corrected chi connectivity index (χ3v) is 4.04. The third-order valence-electron chi connectivity index (χ3n) is 3.93. The van der Waals surface area contributed by atoms with Gasteiger partial charge in [-0.25, -0.2) is 4.79 Å². The SMILES string of the molecule is CC(C)(C)OC(=O)N1CCCC2(CC2C(=O)OCCl)C1. The summed E-state index contributed by atoms with van der Waals surface area (Å²) >= 11 is 5.42. The summed E-state index contributed by atoms with van der Waals surface area (Å²) < 4.78 is 10.3. The molecule has 0 aromatic carbocycles. The van der Waals surface area contributed by atoms with E-state index in [4.69, 9.17) is 21.1 Å². The third kappa shape index (κ3) is 3.37. The number of nitrogens with zero attached hydrogens (tertiary/aromatic N) is 1. The van der Waals surface area contributed by atoms with Crippen molar-refractivity contribution in [1.29, 1.82) is 0 Å². The van der Waals surface area contributed by atoms with Gasteiger partial charge in [-0.2, -0.15) is 0 Å². The zero-order valence-electron chi connectivity index (χ0n) is 12.3. The summed E-state index contributed by atoms with van der Waals surface area (Å²) in [6.45, 7) is 6.81. The Bertz CT molecular complexity index is 406. The predicted molar refractivity (Wildman–Crippen MR) is 74.4 cm³/mol. The molecule has 1 spiro atoms. The van der Waals surface area contributed by atoms with Gasteiger partial charge in [0.2, 0.25) is 0 Å². The summed E-state index contributed by atoms with van der Waals surface area (Å²) in [6, 6.07) is -0.110. The Morgan fingerprint density at radius 3 is 2.70 bits per heavy atom. The smallest absolute Gasteiger partial charge is 0.410 e. The highest BCUT2D eigenvalue weighted by molar-refractivity contribution is 6.17. The summed E-state index contributed by atoms with van der Waals surface area (Å²) in [4.78, 5) is 25.6. The molecule has 1 heterocycles. The second kappa shape index (κ2) is 5.43. The Kier molecular flexibility index (Phi) is 4.19. The van der Waals surface area contributed by atoms with Crippen LogP contribution >= 0.6 is 11.6 Å². The lowest BCUT2D eigenvalue weighted by Gasteiger charge is -2.34. The van der Waals surface area contributed by atoms with E-state index in [2.05, 4.69) is 0 Å². The number of esters is 1. The molecule has 1 amide bonds. The lowest BCUT2D eigenvalue weighted by Crippen LogP contribution is -2.44. The largest absolute Gasteiger partial charge is 0.449 e. The van der Waals surface area contributed by atoms with Crippen molar-refractivity contribution in [3.05, 3.63) is 0 Å². The Morgan fingerprint density at radius 2 is 2.10 bits per heavy atom. The van der Waals surface area contributed by atoms with Gasteiger partial charge in [-0.3, -0.25) is 4.79 Å². The lowest BCUT2D eigenvalue weighted by molar-refractivity contribution is -0.144. The van der Waals surface area contributed by atoms with E-state index >= 15 is 0 Å². The number of hydrogen-bond acceptors (Lipinski definition) is 4. The molecule has 1 saturated carbocycles. The molecule has 114 valence electrons. The summed E-state index contributed by atoms with van der Waals surface area (Å²) in [5, 5.41) is 0. The van der Waals surface area contributed by atoms with Crippen molar-refractivity contribution in [3.8, 4) is 0 Å². The van der Waals surface area contributed by atoms with Crippen molar-refractivity contribution < 1.29 is 19.1 Å². The summed E-state index contributed by atoms with van der Waals surface area (Å²) in [5.41, 5.74) is -0.611. The Morgan fingerprint density at radius 1 is 1.40 bits per heavy atom. The number of carbonyl (C=O) groups excluding carboxylic acids is 2. The summed E-state index contributed by atoms with van der Waals surface area (Å²) in [7, 11) is 0. The number of piperidine rings is 1. The van der Waals surface area contributed by atoms with Crippen LogP contribution in [0.2, 0.25) is 0 Å². The average Bonchev–Trinajstić information content (AvgIpc) is 3.01. The molecule has 0 aromatic rings. The highest BCUT2D eigenvalue weighted by Gasteiger charge is 2.60. The first kappa shape index (κ1) is 15.4. The van der Waals surface area contributed by atoms with Crippen LogP contribution in [0.1, 0.15) is 40.0 Å². The molecule has 2 rings (SSSR count). The van der Waals surface area contributed by atoms with Gasteiger partial charge in [-0.1, -0.05) is 11.6 Å². The maximum absolute atomic E-state index is 12.1. The first-order valence-corrected chi connectivity index (χ1v) is 7.51. The predicted octanol–water partition coefficient (Wildman–Crippen LogP) is 2.76. The summed E-state index contributed by atoms with van der Waals surface area (Å²) in [5.74, 6) is -0.363. The molecule has 0 N–H and O–H groups in total. The van der Waals surface area contributed by atoms with Crippen molar-refractivity contribution in [1.82, 2.24) is 4.90 Å². The van der Waals surface area contributed by atoms with E-state index in [1.807, 2.05) is 20.8 Å². The number of rotatable bonds is 2. The maximum atomic E-state index is 12.1. The minimum atomic E-state index is -0.498. The van der Waals surface area contributed by atoms with Gasteiger partial charge in [-0.05, 0) is 40.0 Å². The molecule has 1 aliphatic heterocycles. The molecule has 1 saturated heterocycles. The van der Waals surface area contributed by atoms with Crippen molar-refractivity contribution >= 4 is 23.7 Å². The minimum Gasteiger partial charge on any atom is -0.449 e. The van der Waals surface area contributed by atoms with Gasteiger partial charge in [0.05, 0.1) is 5.92 Å². The summed E-state index contributed by atoms with van der Waals surface area (Å²) in [6.07, 6.45) is 2.33. The van der Waals surface area contributed by atoms with Crippen molar-refractivity contribution in [3.63, 3.8) is 0 Å². The van der Waals surface area contributed by atoms with Crippen molar-refractivity contribution in [2.75, 3.05) is 19.2 Å². The normalized spacial score (nSPS) is 29.2. The first-order valence-electron chi connectivity index (χ1n) is 6.98. The number of alkyl halides is 1. The van der Waals surface area contributed by atoms with Crippen LogP contribution in [0.4, 0.5) is 4.79 Å². The number of carbonyl (C=O) groups is 2. The highest BCUT2D eigenvalue weighted by atomic mass is 35.5. The molecule has 20 heavy (non-hydrogen) atoms. The molecule has 0 bridgehead atoms. The molecular formula is C14H22ClNO4. The minimum absolute atomic E-state index is 0.110. The molecule has 0 aromatic heterocycles. The van der Waals surface area contributed by atoms with Crippen LogP contribution in [0.5, 0.6) is 0 Å². The van der Waals surface area contributed by atoms with E-state index in [1.165, 1.54) is 0 Å².